The van der Waals surface area contributed by atoms with Crippen LogP contribution in [0.5, 0.6) is 0 Å². The van der Waals surface area contributed by atoms with Gasteiger partial charge in [-0.05, 0) is 25.0 Å². The molecule has 0 radical (unpaired) electrons. The van der Waals surface area contributed by atoms with Crippen molar-refractivity contribution in [2.45, 2.75) is 33.0 Å². The van der Waals surface area contributed by atoms with Gasteiger partial charge in [0.1, 0.15) is 25.9 Å². The number of rotatable bonds is 13. The number of hydrogen-bond donors (Lipinski definition) is 1. The number of aryl methyl sites for hydroxylation is 1. The van der Waals surface area contributed by atoms with Crippen LogP contribution in [-0.2, 0) is 32.1 Å². The molecule has 162 valence electrons. The Morgan fingerprint density at radius 3 is 2.03 bits per heavy atom. The number of carbonyl (C=O) groups excluding carboxylic acids is 1. The Labute approximate surface area is 178 Å². The molecule has 0 saturated heterocycles. The van der Waals surface area contributed by atoms with Crippen LogP contribution in [-0.4, -0.2) is 50.2 Å². The standard InChI is InChI=1S/C23H32N2O5/c1-4-24-9-5-20(6-10-24)21-7-11-25(12-8-21)13-14-28-17-22(26)18-29-15-16-30-23(27)19(2)3/h5-12,22,26H,2,4,13-18H2,1,3H3/q+2. The quantitative estimate of drug-likeness (QED) is 0.232. The maximum atomic E-state index is 11.2. The van der Waals surface area contributed by atoms with Crippen LogP contribution < -0.4 is 9.13 Å². The number of aliphatic hydroxyl groups excluding tert-OH is 1. The fourth-order valence-electron chi connectivity index (χ4n) is 2.63. The minimum Gasteiger partial charge on any atom is -0.460 e. The number of nitrogens with zero attached hydrogens (tertiary/aromatic N) is 2. The highest BCUT2D eigenvalue weighted by molar-refractivity contribution is 5.86. The average Bonchev–Trinajstić information content (AvgIpc) is 2.76. The molecule has 2 aromatic heterocycles. The minimum atomic E-state index is -0.724. The fourth-order valence-corrected chi connectivity index (χ4v) is 2.63. The number of ether oxygens (including phenoxy) is 3. The van der Waals surface area contributed by atoms with E-state index in [0.29, 0.717) is 18.7 Å². The summed E-state index contributed by atoms with van der Waals surface area (Å²) in [6.45, 7) is 9.99. The second kappa shape index (κ2) is 12.8. The molecule has 7 heteroatoms. The molecule has 0 aliphatic rings. The van der Waals surface area contributed by atoms with Gasteiger partial charge in [0.25, 0.3) is 0 Å². The van der Waals surface area contributed by atoms with Gasteiger partial charge in [-0.2, -0.15) is 0 Å². The van der Waals surface area contributed by atoms with Gasteiger partial charge in [0.05, 0.1) is 19.8 Å². The molecule has 2 heterocycles. The lowest BCUT2D eigenvalue weighted by Crippen LogP contribution is -2.36. The highest BCUT2D eigenvalue weighted by Gasteiger charge is 2.08. The second-order valence-electron chi connectivity index (χ2n) is 6.96. The molecule has 0 spiro atoms. The van der Waals surface area contributed by atoms with Crippen molar-refractivity contribution < 1.29 is 33.2 Å². The molecule has 7 nitrogen and oxygen atoms in total. The predicted octanol–water partition coefficient (Wildman–Crippen LogP) is 1.46. The van der Waals surface area contributed by atoms with Crippen LogP contribution in [0, 0.1) is 0 Å². The van der Waals surface area contributed by atoms with Crippen molar-refractivity contribution in [3.63, 3.8) is 0 Å². The summed E-state index contributed by atoms with van der Waals surface area (Å²) in [5.41, 5.74) is 2.69. The Hall–Kier alpha value is -2.61. The molecule has 0 fully saturated rings. The first-order chi connectivity index (χ1) is 14.5. The topological polar surface area (TPSA) is 72.8 Å². The van der Waals surface area contributed by atoms with Crippen LogP contribution in [0.3, 0.4) is 0 Å². The third kappa shape index (κ3) is 8.41. The van der Waals surface area contributed by atoms with E-state index in [1.165, 1.54) is 5.56 Å². The maximum Gasteiger partial charge on any atom is 0.333 e. The molecule has 2 rings (SSSR count). The Bertz CT molecular complexity index is 790. The SMILES string of the molecule is C=C(C)C(=O)OCCOCC(O)COCC[n+]1ccc(-c2cc[n+](CC)cc2)cc1. The molecule has 0 aliphatic heterocycles. The zero-order chi connectivity index (χ0) is 21.8. The van der Waals surface area contributed by atoms with Gasteiger partial charge in [0.15, 0.2) is 31.3 Å². The van der Waals surface area contributed by atoms with E-state index < -0.39 is 12.1 Å². The zero-order valence-corrected chi connectivity index (χ0v) is 17.8. The van der Waals surface area contributed by atoms with Gasteiger partial charge in [0.2, 0.25) is 0 Å². The zero-order valence-electron chi connectivity index (χ0n) is 17.8. The lowest BCUT2D eigenvalue weighted by molar-refractivity contribution is -0.698. The van der Waals surface area contributed by atoms with E-state index >= 15 is 0 Å². The summed E-state index contributed by atoms with van der Waals surface area (Å²) in [6.07, 6.45) is 7.47. The summed E-state index contributed by atoms with van der Waals surface area (Å²) in [5, 5.41) is 9.86. The molecule has 0 aliphatic carbocycles. The summed E-state index contributed by atoms with van der Waals surface area (Å²) in [4.78, 5) is 11.2. The van der Waals surface area contributed by atoms with Gasteiger partial charge in [-0.25, -0.2) is 13.9 Å². The van der Waals surface area contributed by atoms with Crippen molar-refractivity contribution in [3.8, 4) is 11.1 Å². The highest BCUT2D eigenvalue weighted by Crippen LogP contribution is 2.15. The molecule has 1 unspecified atom stereocenters. The number of pyridine rings is 2. The maximum absolute atomic E-state index is 11.2. The van der Waals surface area contributed by atoms with Crippen molar-refractivity contribution in [2.24, 2.45) is 0 Å². The Kier molecular flexibility index (Phi) is 10.1. The molecule has 30 heavy (non-hydrogen) atoms. The van der Waals surface area contributed by atoms with E-state index in [1.54, 1.807) is 6.92 Å². The fraction of sp³-hybridized carbons (Fsp3) is 0.435. The molecule has 1 N–H and O–H groups in total. The summed E-state index contributed by atoms with van der Waals surface area (Å²) in [6, 6.07) is 8.38. The van der Waals surface area contributed by atoms with E-state index in [0.717, 1.165) is 12.1 Å². The van der Waals surface area contributed by atoms with Crippen molar-refractivity contribution in [3.05, 3.63) is 61.2 Å². The van der Waals surface area contributed by atoms with Crippen LogP contribution >= 0.6 is 0 Å². The van der Waals surface area contributed by atoms with E-state index in [1.807, 2.05) is 17.0 Å². The highest BCUT2D eigenvalue weighted by atomic mass is 16.6. The summed E-state index contributed by atoms with van der Waals surface area (Å²) < 4.78 is 19.8. The largest absolute Gasteiger partial charge is 0.460 e. The number of hydrogen-bond acceptors (Lipinski definition) is 5. The van der Waals surface area contributed by atoms with Gasteiger partial charge in [-0.3, -0.25) is 0 Å². The molecule has 0 bridgehead atoms. The van der Waals surface area contributed by atoms with Gasteiger partial charge >= 0.3 is 5.97 Å². The van der Waals surface area contributed by atoms with Crippen molar-refractivity contribution in [1.82, 2.24) is 0 Å². The van der Waals surface area contributed by atoms with E-state index in [9.17, 15) is 9.90 Å². The van der Waals surface area contributed by atoms with Crippen molar-refractivity contribution in [2.75, 3.05) is 33.0 Å². The monoisotopic (exact) mass is 416 g/mol. The van der Waals surface area contributed by atoms with E-state index in [-0.39, 0.29) is 26.4 Å². The molecular formula is C23H32N2O5+2. The minimum absolute atomic E-state index is 0.127. The Balaban J connectivity index is 1.59. The third-order valence-corrected chi connectivity index (χ3v) is 4.40. The first kappa shape index (κ1) is 23.7. The average molecular weight is 417 g/mol. The van der Waals surface area contributed by atoms with Crippen molar-refractivity contribution >= 4 is 5.97 Å². The second-order valence-corrected chi connectivity index (χ2v) is 6.96. The molecule has 0 aromatic carbocycles. The number of carbonyl (C=O) groups is 1. The first-order valence-electron chi connectivity index (χ1n) is 10.1. The molecule has 0 saturated carbocycles. The smallest absolute Gasteiger partial charge is 0.333 e. The number of aromatic nitrogens is 2. The van der Waals surface area contributed by atoms with Gasteiger partial charge < -0.3 is 19.3 Å². The Morgan fingerprint density at radius 1 is 0.967 bits per heavy atom. The van der Waals surface area contributed by atoms with Crippen LogP contribution in [0.15, 0.2) is 61.2 Å². The number of esters is 1. The van der Waals surface area contributed by atoms with Crippen LogP contribution in [0.25, 0.3) is 11.1 Å². The van der Waals surface area contributed by atoms with Gasteiger partial charge in [0, 0.05) is 29.8 Å². The Morgan fingerprint density at radius 2 is 1.50 bits per heavy atom. The third-order valence-electron chi connectivity index (χ3n) is 4.40. The lowest BCUT2D eigenvalue weighted by Gasteiger charge is -2.11. The van der Waals surface area contributed by atoms with Gasteiger partial charge in [-0.1, -0.05) is 6.58 Å². The summed E-state index contributed by atoms with van der Waals surface area (Å²) in [7, 11) is 0. The first-order valence-corrected chi connectivity index (χ1v) is 10.1. The summed E-state index contributed by atoms with van der Waals surface area (Å²) in [5.74, 6) is -0.443. The summed E-state index contributed by atoms with van der Waals surface area (Å²) >= 11 is 0. The van der Waals surface area contributed by atoms with Crippen LogP contribution in [0.4, 0.5) is 0 Å². The van der Waals surface area contributed by atoms with Crippen molar-refractivity contribution in [1.29, 1.82) is 0 Å². The predicted molar refractivity (Wildman–Crippen MR) is 111 cm³/mol. The molecular weight excluding hydrogens is 384 g/mol. The van der Waals surface area contributed by atoms with Gasteiger partial charge in [-0.15, -0.1) is 0 Å². The van der Waals surface area contributed by atoms with Crippen LogP contribution in [0.2, 0.25) is 0 Å². The molecule has 1 atom stereocenters. The molecule has 2 aromatic rings. The lowest BCUT2D eigenvalue weighted by atomic mass is 10.1. The molecule has 0 amide bonds. The number of aliphatic hydroxyl groups is 1. The normalized spacial score (nSPS) is 11.8. The van der Waals surface area contributed by atoms with E-state index in [2.05, 4.69) is 54.7 Å². The van der Waals surface area contributed by atoms with E-state index in [4.69, 9.17) is 14.2 Å². The van der Waals surface area contributed by atoms with Crippen LogP contribution in [0.1, 0.15) is 13.8 Å².